The molecule has 1 fully saturated rings. The van der Waals surface area contributed by atoms with Gasteiger partial charge in [0.05, 0.1) is 5.92 Å². The number of likely N-dealkylation sites (tertiary alicyclic amines) is 1. The Bertz CT molecular complexity index is 296. The molecular formula is C12H23N3O3. The number of carbonyl (C=O) groups excluding carboxylic acids is 2. The van der Waals surface area contributed by atoms with Crippen molar-refractivity contribution in [1.29, 1.82) is 0 Å². The number of nitrogens with one attached hydrogen (secondary N) is 1. The molecule has 0 aromatic heterocycles. The van der Waals surface area contributed by atoms with Crippen LogP contribution >= 0.6 is 0 Å². The normalized spacial score (nSPS) is 21.4. The molecule has 1 aliphatic heterocycles. The molecule has 6 nitrogen and oxygen atoms in total. The highest BCUT2D eigenvalue weighted by atomic mass is 16.3. The molecule has 0 bridgehead atoms. The van der Waals surface area contributed by atoms with Gasteiger partial charge in [-0.1, -0.05) is 6.92 Å². The average Bonchev–Trinajstić information content (AvgIpc) is 2.36. The second-order valence-corrected chi connectivity index (χ2v) is 4.99. The number of nitrogens with two attached hydrogens (primary N) is 1. The molecule has 0 aromatic carbocycles. The summed E-state index contributed by atoms with van der Waals surface area (Å²) in [5.41, 5.74) is 5.22. The van der Waals surface area contributed by atoms with E-state index in [4.69, 9.17) is 10.8 Å². The Kier molecular flexibility index (Phi) is 5.91. The van der Waals surface area contributed by atoms with Crippen LogP contribution in [-0.4, -0.2) is 48.2 Å². The fourth-order valence-electron chi connectivity index (χ4n) is 2.13. The number of hydrogen-bond donors (Lipinski definition) is 3. The molecule has 1 saturated heterocycles. The Hall–Kier alpha value is -1.30. The van der Waals surface area contributed by atoms with Crippen molar-refractivity contribution in [3.05, 3.63) is 0 Å². The second kappa shape index (κ2) is 7.20. The average molecular weight is 257 g/mol. The van der Waals surface area contributed by atoms with Crippen molar-refractivity contribution >= 4 is 11.9 Å². The van der Waals surface area contributed by atoms with E-state index in [1.807, 2.05) is 6.92 Å². The number of primary amides is 1. The summed E-state index contributed by atoms with van der Waals surface area (Å²) in [6, 6.07) is -0.457. The molecule has 1 heterocycles. The molecule has 0 radical (unpaired) electrons. The van der Waals surface area contributed by atoms with Crippen molar-refractivity contribution in [2.75, 3.05) is 26.2 Å². The molecule has 0 spiro atoms. The number of aliphatic hydroxyl groups is 1. The van der Waals surface area contributed by atoms with E-state index in [1.54, 1.807) is 0 Å². The van der Waals surface area contributed by atoms with E-state index < -0.39 is 6.03 Å². The van der Waals surface area contributed by atoms with Crippen LogP contribution in [0.15, 0.2) is 0 Å². The molecule has 2 unspecified atom stereocenters. The van der Waals surface area contributed by atoms with Crippen LogP contribution in [0.5, 0.6) is 0 Å². The molecular weight excluding hydrogens is 234 g/mol. The lowest BCUT2D eigenvalue weighted by atomic mass is 9.97. The molecule has 4 N–H and O–H groups in total. The van der Waals surface area contributed by atoms with E-state index in [0.717, 1.165) is 12.8 Å². The maximum Gasteiger partial charge on any atom is 0.314 e. The van der Waals surface area contributed by atoms with Gasteiger partial charge in [-0.3, -0.25) is 4.79 Å². The summed E-state index contributed by atoms with van der Waals surface area (Å²) in [5, 5.41) is 11.6. The molecule has 0 saturated carbocycles. The van der Waals surface area contributed by atoms with Crippen LogP contribution < -0.4 is 11.1 Å². The molecule has 0 aromatic rings. The number of amides is 3. The predicted molar refractivity (Wildman–Crippen MR) is 67.8 cm³/mol. The minimum absolute atomic E-state index is 0.0225. The van der Waals surface area contributed by atoms with Crippen molar-refractivity contribution in [2.45, 2.75) is 26.2 Å². The van der Waals surface area contributed by atoms with Gasteiger partial charge >= 0.3 is 6.03 Å². The summed E-state index contributed by atoms with van der Waals surface area (Å²) in [4.78, 5) is 24.5. The number of carbonyl (C=O) groups is 2. The molecule has 1 rings (SSSR count). The minimum atomic E-state index is -0.457. The van der Waals surface area contributed by atoms with Gasteiger partial charge in [-0.05, 0) is 25.2 Å². The first kappa shape index (κ1) is 14.8. The summed E-state index contributed by atoms with van der Waals surface area (Å²) in [5.74, 6) is 0.0769. The van der Waals surface area contributed by atoms with E-state index >= 15 is 0 Å². The number of aliphatic hydroxyl groups excluding tert-OH is 1. The molecule has 1 aliphatic rings. The zero-order valence-electron chi connectivity index (χ0n) is 10.9. The van der Waals surface area contributed by atoms with E-state index in [-0.39, 0.29) is 24.3 Å². The maximum atomic E-state index is 11.9. The zero-order valence-corrected chi connectivity index (χ0v) is 10.9. The Morgan fingerprint density at radius 2 is 2.28 bits per heavy atom. The predicted octanol–water partition coefficient (Wildman–Crippen LogP) is -0.0882. The number of piperidine rings is 1. The van der Waals surface area contributed by atoms with Crippen LogP contribution in [0.25, 0.3) is 0 Å². The van der Waals surface area contributed by atoms with Crippen LogP contribution in [0.1, 0.15) is 26.2 Å². The van der Waals surface area contributed by atoms with E-state index in [9.17, 15) is 9.59 Å². The lowest BCUT2D eigenvalue weighted by molar-refractivity contribution is -0.126. The molecule has 104 valence electrons. The largest absolute Gasteiger partial charge is 0.396 e. The summed E-state index contributed by atoms with van der Waals surface area (Å²) in [6.07, 6.45) is 2.29. The van der Waals surface area contributed by atoms with Crippen molar-refractivity contribution in [3.8, 4) is 0 Å². The van der Waals surface area contributed by atoms with Gasteiger partial charge in [0.15, 0.2) is 0 Å². The van der Waals surface area contributed by atoms with Gasteiger partial charge in [0.2, 0.25) is 5.91 Å². The van der Waals surface area contributed by atoms with Gasteiger partial charge in [0, 0.05) is 26.2 Å². The first-order valence-corrected chi connectivity index (χ1v) is 6.47. The van der Waals surface area contributed by atoms with Gasteiger partial charge < -0.3 is 21.1 Å². The number of nitrogens with zero attached hydrogens (tertiary/aromatic N) is 1. The fourth-order valence-corrected chi connectivity index (χ4v) is 2.13. The summed E-state index contributed by atoms with van der Waals surface area (Å²) < 4.78 is 0. The Morgan fingerprint density at radius 1 is 1.56 bits per heavy atom. The van der Waals surface area contributed by atoms with E-state index in [0.29, 0.717) is 26.1 Å². The highest BCUT2D eigenvalue weighted by Gasteiger charge is 2.27. The monoisotopic (exact) mass is 257 g/mol. The second-order valence-electron chi connectivity index (χ2n) is 4.99. The molecule has 0 aliphatic carbocycles. The third kappa shape index (κ3) is 4.52. The maximum absolute atomic E-state index is 11.9. The van der Waals surface area contributed by atoms with Crippen molar-refractivity contribution < 1.29 is 14.7 Å². The lowest BCUT2D eigenvalue weighted by Gasteiger charge is -2.30. The smallest absolute Gasteiger partial charge is 0.314 e. The highest BCUT2D eigenvalue weighted by Crippen LogP contribution is 2.16. The van der Waals surface area contributed by atoms with Crippen molar-refractivity contribution in [2.24, 2.45) is 17.6 Å². The topological polar surface area (TPSA) is 95.7 Å². The van der Waals surface area contributed by atoms with Gasteiger partial charge in [0.1, 0.15) is 0 Å². The number of rotatable bonds is 5. The van der Waals surface area contributed by atoms with Crippen LogP contribution in [0.3, 0.4) is 0 Å². The van der Waals surface area contributed by atoms with Gasteiger partial charge in [0.25, 0.3) is 0 Å². The quantitative estimate of drug-likeness (QED) is 0.642. The third-order valence-electron chi connectivity index (χ3n) is 3.35. The van der Waals surface area contributed by atoms with Gasteiger partial charge in [-0.25, -0.2) is 4.79 Å². The first-order valence-electron chi connectivity index (χ1n) is 6.47. The fraction of sp³-hybridized carbons (Fsp3) is 0.833. The van der Waals surface area contributed by atoms with Gasteiger partial charge in [-0.15, -0.1) is 0 Å². The Labute approximate surface area is 108 Å². The van der Waals surface area contributed by atoms with Gasteiger partial charge in [-0.2, -0.15) is 0 Å². The summed E-state index contributed by atoms with van der Waals surface area (Å²) in [7, 11) is 0. The molecule has 2 atom stereocenters. The highest BCUT2D eigenvalue weighted by molar-refractivity contribution is 5.80. The number of urea groups is 1. The Balaban J connectivity index is 2.34. The van der Waals surface area contributed by atoms with Crippen LogP contribution in [0.4, 0.5) is 4.79 Å². The lowest BCUT2D eigenvalue weighted by Crippen LogP contribution is -2.47. The zero-order chi connectivity index (χ0) is 13.5. The van der Waals surface area contributed by atoms with Crippen molar-refractivity contribution in [1.82, 2.24) is 10.2 Å². The standard InChI is InChI=1S/C12H23N3O3/c1-9(4-6-16)7-14-11(17)10-3-2-5-15(8-10)12(13)18/h9-10,16H,2-8H2,1H3,(H2,13,18)(H,14,17). The third-order valence-corrected chi connectivity index (χ3v) is 3.35. The SMILES string of the molecule is CC(CCO)CNC(=O)C1CCCN(C(N)=O)C1. The molecule has 18 heavy (non-hydrogen) atoms. The number of hydrogen-bond acceptors (Lipinski definition) is 3. The summed E-state index contributed by atoms with van der Waals surface area (Å²) >= 11 is 0. The minimum Gasteiger partial charge on any atom is -0.396 e. The Morgan fingerprint density at radius 3 is 2.89 bits per heavy atom. The molecule has 3 amide bonds. The summed E-state index contributed by atoms with van der Waals surface area (Å²) in [6.45, 7) is 3.73. The van der Waals surface area contributed by atoms with E-state index in [1.165, 1.54) is 4.90 Å². The molecule has 6 heteroatoms. The van der Waals surface area contributed by atoms with E-state index in [2.05, 4.69) is 5.32 Å². The van der Waals surface area contributed by atoms with Crippen molar-refractivity contribution in [3.63, 3.8) is 0 Å². The van der Waals surface area contributed by atoms with Crippen LogP contribution in [-0.2, 0) is 4.79 Å². The van der Waals surface area contributed by atoms with Crippen LogP contribution in [0.2, 0.25) is 0 Å². The first-order chi connectivity index (χ1) is 8.54. The van der Waals surface area contributed by atoms with Crippen LogP contribution in [0, 0.1) is 11.8 Å².